The standard InChI is InChI=1S/C21H37N7/c1-4-5-11-22-21(23-14-20-25-24-16(2)26(20)3)27-13-10-19-17(15-27)7-6-12-28(19)18-8-9-18/h17-19H,4-15H2,1-3H3,(H,22,23). The van der Waals surface area contributed by atoms with E-state index in [1.165, 1.54) is 51.5 Å². The Labute approximate surface area is 169 Å². The molecule has 0 spiro atoms. The van der Waals surface area contributed by atoms with E-state index < -0.39 is 0 Å². The molecule has 1 aliphatic carbocycles. The second-order valence-corrected chi connectivity index (χ2v) is 8.82. The smallest absolute Gasteiger partial charge is 0.194 e. The second-order valence-electron chi connectivity index (χ2n) is 8.82. The van der Waals surface area contributed by atoms with Gasteiger partial charge in [0.25, 0.3) is 0 Å². The minimum Gasteiger partial charge on any atom is -0.356 e. The lowest BCUT2D eigenvalue weighted by Crippen LogP contribution is -2.57. The fourth-order valence-electron chi connectivity index (χ4n) is 4.87. The summed E-state index contributed by atoms with van der Waals surface area (Å²) in [6, 6.07) is 1.70. The van der Waals surface area contributed by atoms with Crippen LogP contribution >= 0.6 is 0 Å². The van der Waals surface area contributed by atoms with Gasteiger partial charge in [-0.3, -0.25) is 4.90 Å². The predicted molar refractivity (Wildman–Crippen MR) is 112 cm³/mol. The largest absolute Gasteiger partial charge is 0.356 e. The van der Waals surface area contributed by atoms with Crippen molar-refractivity contribution in [2.45, 2.75) is 77.4 Å². The average Bonchev–Trinajstić information content (AvgIpc) is 3.51. The summed E-state index contributed by atoms with van der Waals surface area (Å²) in [6.45, 7) is 9.38. The Morgan fingerprint density at radius 2 is 2.04 bits per heavy atom. The number of nitrogens with one attached hydrogen (secondary N) is 1. The molecule has 1 N–H and O–H groups in total. The van der Waals surface area contributed by atoms with Crippen LogP contribution in [0.3, 0.4) is 0 Å². The number of nitrogens with zero attached hydrogens (tertiary/aromatic N) is 6. The molecule has 28 heavy (non-hydrogen) atoms. The molecule has 0 radical (unpaired) electrons. The van der Waals surface area contributed by atoms with E-state index in [2.05, 4.69) is 32.2 Å². The third kappa shape index (κ3) is 4.34. The van der Waals surface area contributed by atoms with Crippen molar-refractivity contribution in [1.82, 2.24) is 29.9 Å². The van der Waals surface area contributed by atoms with Gasteiger partial charge in [0.1, 0.15) is 12.4 Å². The summed E-state index contributed by atoms with van der Waals surface area (Å²) in [5.41, 5.74) is 0. The van der Waals surface area contributed by atoms with Crippen molar-refractivity contribution in [3.8, 4) is 0 Å². The molecule has 156 valence electrons. The summed E-state index contributed by atoms with van der Waals surface area (Å²) in [5, 5.41) is 12.1. The van der Waals surface area contributed by atoms with E-state index in [0.29, 0.717) is 6.54 Å². The Balaban J connectivity index is 1.43. The molecule has 2 unspecified atom stereocenters. The maximum Gasteiger partial charge on any atom is 0.194 e. The molecule has 0 aromatic carbocycles. The summed E-state index contributed by atoms with van der Waals surface area (Å²) in [4.78, 5) is 10.3. The van der Waals surface area contributed by atoms with E-state index in [9.17, 15) is 0 Å². The molecular formula is C21H37N7. The fourth-order valence-corrected chi connectivity index (χ4v) is 4.87. The highest BCUT2D eigenvalue weighted by Crippen LogP contribution is 2.38. The lowest BCUT2D eigenvalue weighted by molar-refractivity contribution is 0.0369. The number of fused-ring (bicyclic) bond motifs is 1. The van der Waals surface area contributed by atoms with Gasteiger partial charge in [0.15, 0.2) is 11.8 Å². The zero-order valence-electron chi connectivity index (χ0n) is 17.9. The molecule has 4 rings (SSSR count). The van der Waals surface area contributed by atoms with Crippen LogP contribution in [-0.2, 0) is 13.6 Å². The number of guanidine groups is 1. The van der Waals surface area contributed by atoms with Gasteiger partial charge in [0.2, 0.25) is 0 Å². The minimum atomic E-state index is 0.588. The van der Waals surface area contributed by atoms with E-state index in [1.54, 1.807) is 0 Å². The highest BCUT2D eigenvalue weighted by atomic mass is 15.3. The number of hydrogen-bond donors (Lipinski definition) is 1. The van der Waals surface area contributed by atoms with Crippen molar-refractivity contribution in [1.29, 1.82) is 0 Å². The van der Waals surface area contributed by atoms with Crippen LogP contribution in [-0.4, -0.2) is 68.8 Å². The molecule has 1 saturated carbocycles. The lowest BCUT2D eigenvalue weighted by Gasteiger charge is -2.48. The predicted octanol–water partition coefficient (Wildman–Crippen LogP) is 2.32. The third-order valence-electron chi connectivity index (χ3n) is 6.79. The number of likely N-dealkylation sites (tertiary alicyclic amines) is 2. The van der Waals surface area contributed by atoms with Crippen LogP contribution < -0.4 is 5.32 Å². The molecule has 3 aliphatic rings. The van der Waals surface area contributed by atoms with Gasteiger partial charge in [-0.05, 0) is 57.9 Å². The number of hydrogen-bond acceptors (Lipinski definition) is 4. The van der Waals surface area contributed by atoms with Crippen LogP contribution in [0, 0.1) is 12.8 Å². The molecule has 2 aliphatic heterocycles. The maximum absolute atomic E-state index is 4.96. The Hall–Kier alpha value is -1.63. The van der Waals surface area contributed by atoms with Crippen LogP contribution in [0.15, 0.2) is 4.99 Å². The van der Waals surface area contributed by atoms with Crippen molar-refractivity contribution in [2.24, 2.45) is 18.0 Å². The zero-order chi connectivity index (χ0) is 19.5. The van der Waals surface area contributed by atoms with Crippen LogP contribution in [0.4, 0.5) is 0 Å². The first kappa shape index (κ1) is 19.7. The summed E-state index contributed by atoms with van der Waals surface area (Å²) in [5.74, 6) is 3.73. The van der Waals surface area contributed by atoms with Crippen LogP contribution in [0.2, 0.25) is 0 Å². The number of aryl methyl sites for hydroxylation is 1. The Kier molecular flexibility index (Phi) is 6.19. The topological polar surface area (TPSA) is 61.6 Å². The van der Waals surface area contributed by atoms with Crippen LogP contribution in [0.25, 0.3) is 0 Å². The Morgan fingerprint density at radius 3 is 2.75 bits per heavy atom. The molecule has 0 amide bonds. The molecule has 7 nitrogen and oxygen atoms in total. The number of rotatable bonds is 6. The van der Waals surface area contributed by atoms with Crippen LogP contribution in [0.1, 0.15) is 63.5 Å². The van der Waals surface area contributed by atoms with E-state index >= 15 is 0 Å². The quantitative estimate of drug-likeness (QED) is 0.461. The van der Waals surface area contributed by atoms with E-state index in [-0.39, 0.29) is 0 Å². The zero-order valence-corrected chi connectivity index (χ0v) is 17.9. The first-order chi connectivity index (χ1) is 13.7. The normalized spacial score (nSPS) is 26.4. The maximum atomic E-state index is 4.96. The summed E-state index contributed by atoms with van der Waals surface area (Å²) >= 11 is 0. The van der Waals surface area contributed by atoms with Crippen molar-refractivity contribution in [3.63, 3.8) is 0 Å². The molecular weight excluding hydrogens is 350 g/mol. The minimum absolute atomic E-state index is 0.588. The van der Waals surface area contributed by atoms with Gasteiger partial charge in [0.05, 0.1) is 0 Å². The van der Waals surface area contributed by atoms with E-state index in [4.69, 9.17) is 4.99 Å². The third-order valence-corrected chi connectivity index (χ3v) is 6.79. The first-order valence-corrected chi connectivity index (χ1v) is 11.3. The van der Waals surface area contributed by atoms with Gasteiger partial charge in [-0.2, -0.15) is 0 Å². The van der Waals surface area contributed by atoms with Gasteiger partial charge >= 0.3 is 0 Å². The summed E-state index contributed by atoms with van der Waals surface area (Å²) in [6.07, 6.45) is 9.24. The molecule has 2 saturated heterocycles. The van der Waals surface area contributed by atoms with Gasteiger partial charge in [0, 0.05) is 38.8 Å². The number of piperidine rings is 2. The monoisotopic (exact) mass is 387 g/mol. The SMILES string of the molecule is CCCCNC(=NCc1nnc(C)n1C)N1CCC2C(CCCN2C2CC2)C1. The molecule has 2 atom stereocenters. The number of aromatic nitrogens is 3. The number of aliphatic imine (C=N–C) groups is 1. The molecule has 1 aromatic heterocycles. The van der Waals surface area contributed by atoms with E-state index in [0.717, 1.165) is 55.2 Å². The first-order valence-electron chi connectivity index (χ1n) is 11.3. The van der Waals surface area contributed by atoms with Gasteiger partial charge in [-0.1, -0.05) is 13.3 Å². The van der Waals surface area contributed by atoms with Crippen molar-refractivity contribution in [3.05, 3.63) is 11.6 Å². The summed E-state index contributed by atoms with van der Waals surface area (Å²) < 4.78 is 2.04. The number of unbranched alkanes of at least 4 members (excludes halogenated alkanes) is 1. The molecule has 0 bridgehead atoms. The highest BCUT2D eigenvalue weighted by Gasteiger charge is 2.42. The average molecular weight is 388 g/mol. The molecule has 7 heteroatoms. The van der Waals surface area contributed by atoms with E-state index in [1.807, 2.05) is 18.5 Å². The highest BCUT2D eigenvalue weighted by molar-refractivity contribution is 5.80. The van der Waals surface area contributed by atoms with Gasteiger partial charge in [-0.15, -0.1) is 10.2 Å². The van der Waals surface area contributed by atoms with Crippen molar-refractivity contribution < 1.29 is 0 Å². The van der Waals surface area contributed by atoms with Crippen LogP contribution in [0.5, 0.6) is 0 Å². The molecule has 1 aromatic rings. The Bertz CT molecular complexity index is 678. The van der Waals surface area contributed by atoms with Gasteiger partial charge in [-0.25, -0.2) is 4.99 Å². The Morgan fingerprint density at radius 1 is 1.18 bits per heavy atom. The lowest BCUT2D eigenvalue weighted by atomic mass is 9.83. The second kappa shape index (κ2) is 8.80. The van der Waals surface area contributed by atoms with Crippen molar-refractivity contribution in [2.75, 3.05) is 26.2 Å². The van der Waals surface area contributed by atoms with Gasteiger partial charge < -0.3 is 14.8 Å². The molecule has 3 heterocycles. The van der Waals surface area contributed by atoms with Crippen molar-refractivity contribution >= 4 is 5.96 Å². The molecule has 3 fully saturated rings. The fraction of sp³-hybridized carbons (Fsp3) is 0.857. The summed E-state index contributed by atoms with van der Waals surface area (Å²) in [7, 11) is 2.02.